The molecule has 1 aromatic carbocycles. The summed E-state index contributed by atoms with van der Waals surface area (Å²) in [5, 5.41) is 1.70. The van der Waals surface area contributed by atoms with Gasteiger partial charge >= 0.3 is 0 Å². The molecule has 21 heavy (non-hydrogen) atoms. The first-order valence-corrected chi connectivity index (χ1v) is 7.98. The molecule has 6 heteroatoms. The minimum atomic E-state index is 0.633. The highest BCUT2D eigenvalue weighted by Gasteiger charge is 2.11. The predicted molar refractivity (Wildman–Crippen MR) is 89.5 cm³/mol. The maximum atomic E-state index is 6.11. The van der Waals surface area contributed by atoms with Crippen molar-refractivity contribution in [3.05, 3.63) is 46.3 Å². The molecule has 0 amide bonds. The first kappa shape index (κ1) is 14.3. The van der Waals surface area contributed by atoms with Crippen LogP contribution in [0.5, 0.6) is 0 Å². The second kappa shape index (κ2) is 5.61. The van der Waals surface area contributed by atoms with Gasteiger partial charge in [-0.1, -0.05) is 15.9 Å². The van der Waals surface area contributed by atoms with E-state index >= 15 is 0 Å². The largest absolute Gasteiger partial charge is 0.397 e. The standard InChI is InChI=1S/C15H13BrN4S/c1-8-5-9(2)20-15(19-8)21-14-11-6-10(16)3-4-13(11)18-7-12(14)17/h3-7H,17H2,1-2H3. The first-order valence-electron chi connectivity index (χ1n) is 6.37. The van der Waals surface area contributed by atoms with Gasteiger partial charge in [-0.15, -0.1) is 0 Å². The van der Waals surface area contributed by atoms with Crippen molar-refractivity contribution in [1.82, 2.24) is 15.0 Å². The Hall–Kier alpha value is -1.66. The highest BCUT2D eigenvalue weighted by molar-refractivity contribution is 9.10. The van der Waals surface area contributed by atoms with Crippen molar-refractivity contribution < 1.29 is 0 Å². The second-order valence-corrected chi connectivity index (χ2v) is 6.63. The van der Waals surface area contributed by atoms with Crippen molar-refractivity contribution in [2.45, 2.75) is 23.9 Å². The maximum Gasteiger partial charge on any atom is 0.192 e. The predicted octanol–water partition coefficient (Wildman–Crippen LogP) is 4.14. The first-order chi connectivity index (χ1) is 10.0. The van der Waals surface area contributed by atoms with Gasteiger partial charge in [0, 0.05) is 26.1 Å². The molecule has 3 rings (SSSR count). The maximum absolute atomic E-state index is 6.11. The lowest BCUT2D eigenvalue weighted by Gasteiger charge is -2.09. The van der Waals surface area contributed by atoms with Gasteiger partial charge < -0.3 is 5.73 Å². The summed E-state index contributed by atoms with van der Waals surface area (Å²) in [5.41, 5.74) is 9.54. The van der Waals surface area contributed by atoms with Crippen molar-refractivity contribution in [2.75, 3.05) is 5.73 Å². The lowest BCUT2D eigenvalue weighted by atomic mass is 10.2. The molecule has 0 fully saturated rings. The number of fused-ring (bicyclic) bond motifs is 1. The average Bonchev–Trinajstić information content (AvgIpc) is 2.41. The van der Waals surface area contributed by atoms with Gasteiger partial charge in [-0.25, -0.2) is 9.97 Å². The molecule has 0 spiro atoms. The van der Waals surface area contributed by atoms with Crippen molar-refractivity contribution >= 4 is 44.3 Å². The number of rotatable bonds is 2. The monoisotopic (exact) mass is 360 g/mol. The fourth-order valence-corrected chi connectivity index (χ4v) is 3.47. The van der Waals surface area contributed by atoms with Crippen LogP contribution in [0.2, 0.25) is 0 Å². The van der Waals surface area contributed by atoms with Gasteiger partial charge in [0.1, 0.15) is 0 Å². The summed E-state index contributed by atoms with van der Waals surface area (Å²) in [7, 11) is 0. The number of anilines is 1. The molecule has 0 saturated heterocycles. The van der Waals surface area contributed by atoms with Crippen molar-refractivity contribution in [3.8, 4) is 0 Å². The lowest BCUT2D eigenvalue weighted by molar-refractivity contribution is 0.902. The Balaban J connectivity index is 2.15. The Labute approximate surface area is 135 Å². The minimum absolute atomic E-state index is 0.633. The zero-order valence-corrected chi connectivity index (χ0v) is 14.0. The fourth-order valence-electron chi connectivity index (χ4n) is 2.10. The summed E-state index contributed by atoms with van der Waals surface area (Å²) < 4.78 is 0.991. The molecule has 0 atom stereocenters. The smallest absolute Gasteiger partial charge is 0.192 e. The van der Waals surface area contributed by atoms with Crippen LogP contribution >= 0.6 is 27.7 Å². The van der Waals surface area contributed by atoms with Crippen molar-refractivity contribution in [2.24, 2.45) is 0 Å². The molecule has 2 N–H and O–H groups in total. The van der Waals surface area contributed by atoms with E-state index in [1.165, 1.54) is 11.8 Å². The lowest BCUT2D eigenvalue weighted by Crippen LogP contribution is -1.96. The summed E-state index contributed by atoms with van der Waals surface area (Å²) in [4.78, 5) is 14.2. The van der Waals surface area contributed by atoms with Crippen LogP contribution in [0, 0.1) is 13.8 Å². The number of halogens is 1. The van der Waals surface area contributed by atoms with Crippen LogP contribution in [0.4, 0.5) is 5.69 Å². The molecule has 0 saturated carbocycles. The van der Waals surface area contributed by atoms with Crippen molar-refractivity contribution in [1.29, 1.82) is 0 Å². The van der Waals surface area contributed by atoms with Gasteiger partial charge in [-0.2, -0.15) is 0 Å². The fraction of sp³-hybridized carbons (Fsp3) is 0.133. The highest BCUT2D eigenvalue weighted by Crippen LogP contribution is 2.36. The van der Waals surface area contributed by atoms with E-state index in [9.17, 15) is 0 Å². The Morgan fingerprint density at radius 2 is 1.81 bits per heavy atom. The topological polar surface area (TPSA) is 64.7 Å². The molecule has 0 bridgehead atoms. The molecule has 2 aromatic heterocycles. The summed E-state index contributed by atoms with van der Waals surface area (Å²) in [6.07, 6.45) is 1.68. The second-order valence-electron chi connectivity index (χ2n) is 4.74. The van der Waals surface area contributed by atoms with Gasteiger partial charge in [-0.05, 0) is 49.9 Å². The van der Waals surface area contributed by atoms with Crippen LogP contribution in [0.3, 0.4) is 0 Å². The Morgan fingerprint density at radius 1 is 1.10 bits per heavy atom. The van der Waals surface area contributed by atoms with Gasteiger partial charge in [-0.3, -0.25) is 4.98 Å². The molecular formula is C15H13BrN4S. The van der Waals surface area contributed by atoms with E-state index in [2.05, 4.69) is 30.9 Å². The molecule has 0 aliphatic heterocycles. The molecule has 0 aliphatic carbocycles. The van der Waals surface area contributed by atoms with Crippen molar-refractivity contribution in [3.63, 3.8) is 0 Å². The van der Waals surface area contributed by atoms with E-state index < -0.39 is 0 Å². The number of aromatic nitrogens is 3. The van der Waals surface area contributed by atoms with E-state index in [-0.39, 0.29) is 0 Å². The molecule has 106 valence electrons. The summed E-state index contributed by atoms with van der Waals surface area (Å²) in [5.74, 6) is 0. The van der Waals surface area contributed by atoms with Gasteiger partial charge in [0.05, 0.1) is 17.4 Å². The Bertz CT molecular complexity index is 810. The molecule has 3 aromatic rings. The average molecular weight is 361 g/mol. The van der Waals surface area contributed by atoms with E-state index in [0.717, 1.165) is 31.7 Å². The third kappa shape index (κ3) is 3.01. The number of hydrogen-bond acceptors (Lipinski definition) is 5. The molecule has 0 aliphatic rings. The molecule has 0 radical (unpaired) electrons. The number of aryl methyl sites for hydroxylation is 2. The number of hydrogen-bond donors (Lipinski definition) is 1. The van der Waals surface area contributed by atoms with E-state index in [1.54, 1.807) is 6.20 Å². The van der Waals surface area contributed by atoms with Crippen LogP contribution in [0.25, 0.3) is 10.9 Å². The van der Waals surface area contributed by atoms with E-state index in [4.69, 9.17) is 5.73 Å². The number of nitrogen functional groups attached to an aromatic ring is 1. The number of benzene rings is 1. The molecule has 0 unspecified atom stereocenters. The minimum Gasteiger partial charge on any atom is -0.397 e. The van der Waals surface area contributed by atoms with Crippen LogP contribution in [-0.2, 0) is 0 Å². The van der Waals surface area contributed by atoms with Crippen LogP contribution < -0.4 is 5.73 Å². The summed E-state index contributed by atoms with van der Waals surface area (Å²) >= 11 is 4.96. The number of pyridine rings is 1. The summed E-state index contributed by atoms with van der Waals surface area (Å²) in [6.45, 7) is 3.92. The van der Waals surface area contributed by atoms with E-state index in [1.807, 2.05) is 38.1 Å². The van der Waals surface area contributed by atoms with E-state index in [0.29, 0.717) is 10.8 Å². The Kier molecular flexibility index (Phi) is 3.82. The molecular weight excluding hydrogens is 348 g/mol. The SMILES string of the molecule is Cc1cc(C)nc(Sc2c(N)cnc3ccc(Br)cc23)n1. The zero-order chi connectivity index (χ0) is 15.0. The quantitative estimate of drug-likeness (QED) is 0.695. The third-order valence-corrected chi connectivity index (χ3v) is 4.48. The van der Waals surface area contributed by atoms with Crippen LogP contribution in [0.15, 0.2) is 45.0 Å². The Morgan fingerprint density at radius 3 is 2.52 bits per heavy atom. The summed E-state index contributed by atoms with van der Waals surface area (Å²) in [6, 6.07) is 7.90. The van der Waals surface area contributed by atoms with Crippen LogP contribution in [-0.4, -0.2) is 15.0 Å². The zero-order valence-electron chi connectivity index (χ0n) is 11.6. The number of nitrogens with zero attached hydrogens (tertiary/aromatic N) is 3. The normalized spacial score (nSPS) is 11.0. The van der Waals surface area contributed by atoms with Gasteiger partial charge in [0.2, 0.25) is 0 Å². The van der Waals surface area contributed by atoms with Crippen LogP contribution in [0.1, 0.15) is 11.4 Å². The highest BCUT2D eigenvalue weighted by atomic mass is 79.9. The molecule has 2 heterocycles. The van der Waals surface area contributed by atoms with Gasteiger partial charge in [0.15, 0.2) is 5.16 Å². The number of nitrogens with two attached hydrogens (primary N) is 1. The van der Waals surface area contributed by atoms with Gasteiger partial charge in [0.25, 0.3) is 0 Å². The molecule has 4 nitrogen and oxygen atoms in total. The third-order valence-electron chi connectivity index (χ3n) is 2.96.